The van der Waals surface area contributed by atoms with E-state index in [1.165, 1.54) is 0 Å². The predicted molar refractivity (Wildman–Crippen MR) is 73.7 cm³/mol. The molecular formula is C13H20N4O2. The molecule has 0 aliphatic heterocycles. The Kier molecular flexibility index (Phi) is 4.57. The van der Waals surface area contributed by atoms with Crippen molar-refractivity contribution >= 4 is 11.5 Å². The molecule has 0 bridgehead atoms. The van der Waals surface area contributed by atoms with Gasteiger partial charge in [-0.15, -0.1) is 0 Å². The van der Waals surface area contributed by atoms with Gasteiger partial charge in [0.25, 0.3) is 5.88 Å². The molecule has 0 saturated carbocycles. The van der Waals surface area contributed by atoms with Crippen molar-refractivity contribution in [3.05, 3.63) is 18.6 Å². The van der Waals surface area contributed by atoms with E-state index >= 15 is 0 Å². The van der Waals surface area contributed by atoms with E-state index < -0.39 is 0 Å². The first-order chi connectivity index (χ1) is 9.24. The van der Waals surface area contributed by atoms with Gasteiger partial charge in [-0.3, -0.25) is 4.40 Å². The zero-order valence-electron chi connectivity index (χ0n) is 11.6. The number of anilines is 1. The molecule has 2 heterocycles. The molecule has 1 N–H and O–H groups in total. The minimum atomic E-state index is -0.0650. The summed E-state index contributed by atoms with van der Waals surface area (Å²) in [5, 5.41) is 3.18. The van der Waals surface area contributed by atoms with Crippen LogP contribution < -0.4 is 10.1 Å². The van der Waals surface area contributed by atoms with Crippen molar-refractivity contribution in [1.29, 1.82) is 0 Å². The number of hydrogen-bond donors (Lipinski definition) is 1. The van der Waals surface area contributed by atoms with Gasteiger partial charge in [0.1, 0.15) is 11.9 Å². The Hall–Kier alpha value is -1.82. The average molecular weight is 264 g/mol. The van der Waals surface area contributed by atoms with Crippen molar-refractivity contribution in [3.8, 4) is 5.88 Å². The lowest BCUT2D eigenvalue weighted by Gasteiger charge is -2.15. The SMILES string of the molecule is CCNc1cn2ccnc2c(OC(C)COCC)n1. The summed E-state index contributed by atoms with van der Waals surface area (Å²) in [6.07, 6.45) is 5.43. The fourth-order valence-corrected chi connectivity index (χ4v) is 1.76. The molecule has 1 unspecified atom stereocenters. The number of ether oxygens (including phenoxy) is 2. The Morgan fingerprint density at radius 3 is 3.00 bits per heavy atom. The van der Waals surface area contributed by atoms with Crippen molar-refractivity contribution in [2.45, 2.75) is 26.9 Å². The lowest BCUT2D eigenvalue weighted by molar-refractivity contribution is 0.0640. The Labute approximate surface area is 112 Å². The summed E-state index contributed by atoms with van der Waals surface area (Å²) < 4.78 is 13.1. The number of imidazole rings is 1. The van der Waals surface area contributed by atoms with Crippen LogP contribution in [0.5, 0.6) is 5.88 Å². The molecule has 0 fully saturated rings. The van der Waals surface area contributed by atoms with Gasteiger partial charge in [0, 0.05) is 25.5 Å². The second-order valence-corrected chi connectivity index (χ2v) is 4.21. The van der Waals surface area contributed by atoms with Crippen molar-refractivity contribution < 1.29 is 9.47 Å². The molecular weight excluding hydrogens is 244 g/mol. The molecule has 6 nitrogen and oxygen atoms in total. The first kappa shape index (κ1) is 13.6. The van der Waals surface area contributed by atoms with E-state index in [-0.39, 0.29) is 6.10 Å². The van der Waals surface area contributed by atoms with Gasteiger partial charge in [0.05, 0.1) is 12.8 Å². The number of aromatic nitrogens is 3. The monoisotopic (exact) mass is 264 g/mol. The van der Waals surface area contributed by atoms with Gasteiger partial charge in [-0.1, -0.05) is 0 Å². The zero-order valence-corrected chi connectivity index (χ0v) is 11.6. The summed E-state index contributed by atoms with van der Waals surface area (Å²) in [5.41, 5.74) is 0.713. The molecule has 0 radical (unpaired) electrons. The molecule has 2 aromatic heterocycles. The van der Waals surface area contributed by atoms with Gasteiger partial charge >= 0.3 is 0 Å². The largest absolute Gasteiger partial charge is 0.470 e. The summed E-state index contributed by atoms with van der Waals surface area (Å²) >= 11 is 0. The molecule has 6 heteroatoms. The van der Waals surface area contributed by atoms with Crippen molar-refractivity contribution in [3.63, 3.8) is 0 Å². The molecule has 2 aromatic rings. The fraction of sp³-hybridized carbons (Fsp3) is 0.538. The third-order valence-electron chi connectivity index (χ3n) is 2.57. The lowest BCUT2D eigenvalue weighted by Crippen LogP contribution is -2.20. The van der Waals surface area contributed by atoms with Crippen LogP contribution in [0.1, 0.15) is 20.8 Å². The van der Waals surface area contributed by atoms with Crippen LogP contribution >= 0.6 is 0 Å². The highest BCUT2D eigenvalue weighted by molar-refractivity contribution is 5.53. The van der Waals surface area contributed by atoms with Crippen LogP contribution in [0, 0.1) is 0 Å². The molecule has 0 spiro atoms. The number of rotatable bonds is 7. The second-order valence-electron chi connectivity index (χ2n) is 4.21. The summed E-state index contributed by atoms with van der Waals surface area (Å²) in [7, 11) is 0. The summed E-state index contributed by atoms with van der Waals surface area (Å²) in [5.74, 6) is 1.29. The highest BCUT2D eigenvalue weighted by atomic mass is 16.5. The third-order valence-corrected chi connectivity index (χ3v) is 2.57. The zero-order chi connectivity index (χ0) is 13.7. The van der Waals surface area contributed by atoms with E-state index in [4.69, 9.17) is 9.47 Å². The van der Waals surface area contributed by atoms with Gasteiger partial charge in [-0.05, 0) is 20.8 Å². The maximum atomic E-state index is 5.82. The van der Waals surface area contributed by atoms with Crippen LogP contribution in [0.2, 0.25) is 0 Å². The molecule has 0 aliphatic rings. The molecule has 104 valence electrons. The minimum Gasteiger partial charge on any atom is -0.470 e. The number of nitrogens with zero attached hydrogens (tertiary/aromatic N) is 3. The smallest absolute Gasteiger partial charge is 0.260 e. The van der Waals surface area contributed by atoms with E-state index in [0.29, 0.717) is 24.7 Å². The predicted octanol–water partition coefficient (Wildman–Crippen LogP) is 1.96. The molecule has 0 aromatic carbocycles. The topological polar surface area (TPSA) is 60.7 Å². The normalized spacial score (nSPS) is 12.6. The van der Waals surface area contributed by atoms with E-state index in [9.17, 15) is 0 Å². The van der Waals surface area contributed by atoms with Crippen molar-refractivity contribution in [1.82, 2.24) is 14.4 Å². The standard InChI is InChI=1S/C13H20N4O2/c1-4-14-11-8-17-7-6-15-12(17)13(16-11)19-10(3)9-18-5-2/h6-8,10,14H,4-5,9H2,1-3H3. The molecule has 1 atom stereocenters. The first-order valence-corrected chi connectivity index (χ1v) is 6.56. The fourth-order valence-electron chi connectivity index (χ4n) is 1.76. The van der Waals surface area contributed by atoms with Gasteiger partial charge in [-0.25, -0.2) is 4.98 Å². The van der Waals surface area contributed by atoms with Crippen LogP contribution in [0.4, 0.5) is 5.82 Å². The minimum absolute atomic E-state index is 0.0650. The first-order valence-electron chi connectivity index (χ1n) is 6.56. The van der Waals surface area contributed by atoms with Gasteiger partial charge in [-0.2, -0.15) is 4.98 Å². The van der Waals surface area contributed by atoms with Crippen LogP contribution in [0.15, 0.2) is 18.6 Å². The Morgan fingerprint density at radius 1 is 1.42 bits per heavy atom. The van der Waals surface area contributed by atoms with Crippen LogP contribution in [-0.4, -0.2) is 40.2 Å². The lowest BCUT2D eigenvalue weighted by atomic mass is 10.4. The highest BCUT2D eigenvalue weighted by Crippen LogP contribution is 2.19. The van der Waals surface area contributed by atoms with Crippen molar-refractivity contribution in [2.75, 3.05) is 25.1 Å². The molecule has 19 heavy (non-hydrogen) atoms. The van der Waals surface area contributed by atoms with E-state index in [0.717, 1.165) is 12.4 Å². The van der Waals surface area contributed by atoms with Gasteiger partial charge in [0.15, 0.2) is 0 Å². The second kappa shape index (κ2) is 6.38. The summed E-state index contributed by atoms with van der Waals surface area (Å²) in [6, 6.07) is 0. The van der Waals surface area contributed by atoms with Gasteiger partial charge < -0.3 is 14.8 Å². The summed E-state index contributed by atoms with van der Waals surface area (Å²) in [4.78, 5) is 8.70. The number of nitrogens with one attached hydrogen (secondary N) is 1. The molecule has 2 rings (SSSR count). The van der Waals surface area contributed by atoms with Gasteiger partial charge in [0.2, 0.25) is 5.65 Å². The number of hydrogen-bond acceptors (Lipinski definition) is 5. The van der Waals surface area contributed by atoms with E-state index in [2.05, 4.69) is 15.3 Å². The van der Waals surface area contributed by atoms with Crippen LogP contribution in [0.3, 0.4) is 0 Å². The highest BCUT2D eigenvalue weighted by Gasteiger charge is 2.12. The molecule has 0 aliphatic carbocycles. The maximum absolute atomic E-state index is 5.82. The van der Waals surface area contributed by atoms with Crippen molar-refractivity contribution in [2.24, 2.45) is 0 Å². The number of fused-ring (bicyclic) bond motifs is 1. The maximum Gasteiger partial charge on any atom is 0.260 e. The average Bonchev–Trinajstić information content (AvgIpc) is 2.85. The Morgan fingerprint density at radius 2 is 2.26 bits per heavy atom. The van der Waals surface area contributed by atoms with Crippen LogP contribution in [0.25, 0.3) is 5.65 Å². The van der Waals surface area contributed by atoms with E-state index in [1.54, 1.807) is 6.20 Å². The Balaban J connectivity index is 2.21. The molecule has 0 amide bonds. The Bertz CT molecular complexity index is 526. The molecule has 0 saturated heterocycles. The van der Waals surface area contributed by atoms with Crippen LogP contribution in [-0.2, 0) is 4.74 Å². The van der Waals surface area contributed by atoms with E-state index in [1.807, 2.05) is 37.6 Å². The third kappa shape index (κ3) is 3.35. The quantitative estimate of drug-likeness (QED) is 0.828. The summed E-state index contributed by atoms with van der Waals surface area (Å²) in [6.45, 7) is 7.97.